The molecule has 2 aliphatic heterocycles. The maximum absolute atomic E-state index is 13.7. The zero-order valence-corrected chi connectivity index (χ0v) is 16.8. The zero-order valence-electron chi connectivity index (χ0n) is 16.0. The second-order valence-electron chi connectivity index (χ2n) is 7.29. The van der Waals surface area contributed by atoms with Crippen LogP contribution < -0.4 is 9.80 Å². The van der Waals surface area contributed by atoms with Crippen molar-refractivity contribution in [1.82, 2.24) is 0 Å². The van der Waals surface area contributed by atoms with Gasteiger partial charge < -0.3 is 0 Å². The Morgan fingerprint density at radius 2 is 1.66 bits per heavy atom. The molecule has 1 fully saturated rings. The molecule has 0 unspecified atom stereocenters. The van der Waals surface area contributed by atoms with Crippen LogP contribution in [0.3, 0.4) is 0 Å². The molecule has 0 N–H and O–H groups in total. The van der Waals surface area contributed by atoms with Crippen molar-refractivity contribution in [2.75, 3.05) is 9.80 Å². The fraction of sp³-hybridized carbons (Fsp3) is 0.174. The number of imide groups is 1. The minimum atomic E-state index is -1.28. The molecule has 2 heterocycles. The lowest BCUT2D eigenvalue weighted by Gasteiger charge is -2.33. The normalized spacial score (nSPS) is 23.3. The first-order chi connectivity index (χ1) is 13.9. The summed E-state index contributed by atoms with van der Waals surface area (Å²) in [7, 11) is 0. The van der Waals surface area contributed by atoms with E-state index in [4.69, 9.17) is 0 Å². The van der Waals surface area contributed by atoms with Gasteiger partial charge in [-0.15, -0.1) is 11.8 Å². The molecular weight excluding hydrogens is 384 g/mol. The lowest BCUT2D eigenvalue weighted by Crippen LogP contribution is -2.50. The van der Waals surface area contributed by atoms with Crippen molar-refractivity contribution in [3.8, 4) is 0 Å². The highest BCUT2D eigenvalue weighted by Crippen LogP contribution is 2.57. The highest BCUT2D eigenvalue weighted by Gasteiger charge is 2.63. The third kappa shape index (κ3) is 2.32. The van der Waals surface area contributed by atoms with E-state index in [1.165, 1.54) is 23.6 Å². The Bertz CT molecular complexity index is 1210. The van der Waals surface area contributed by atoms with Crippen molar-refractivity contribution < 1.29 is 14.4 Å². The van der Waals surface area contributed by atoms with E-state index in [1.54, 1.807) is 17.0 Å². The van der Waals surface area contributed by atoms with Gasteiger partial charge in [-0.2, -0.15) is 0 Å². The molecule has 2 aliphatic rings. The molecule has 3 amide bonds. The minimum Gasteiger partial charge on any atom is -0.283 e. The second kappa shape index (κ2) is 6.19. The van der Waals surface area contributed by atoms with E-state index in [1.807, 2.05) is 61.5 Å². The van der Waals surface area contributed by atoms with Gasteiger partial charge in [-0.25, -0.2) is 4.90 Å². The minimum absolute atomic E-state index is 0.140. The Balaban J connectivity index is 1.77. The number of thioether (sulfide) groups is 1. The van der Waals surface area contributed by atoms with Gasteiger partial charge in [0.1, 0.15) is 0 Å². The number of benzene rings is 3. The monoisotopic (exact) mass is 402 g/mol. The number of rotatable bonds is 1. The molecule has 0 radical (unpaired) electrons. The molecule has 5 nitrogen and oxygen atoms in total. The number of carbonyl (C=O) groups excluding carboxylic acids is 3. The first kappa shape index (κ1) is 17.9. The predicted octanol–water partition coefficient (Wildman–Crippen LogP) is 4.05. The van der Waals surface area contributed by atoms with Gasteiger partial charge in [0.2, 0.25) is 16.7 Å². The highest BCUT2D eigenvalue weighted by molar-refractivity contribution is 8.03. The third-order valence-corrected chi connectivity index (χ3v) is 7.01. The summed E-state index contributed by atoms with van der Waals surface area (Å²) in [6, 6.07) is 20.9. The molecule has 0 bridgehead atoms. The maximum Gasteiger partial charge on any atom is 0.275 e. The highest BCUT2D eigenvalue weighted by atomic mass is 32.2. The van der Waals surface area contributed by atoms with Crippen molar-refractivity contribution >= 4 is 51.6 Å². The molecule has 2 atom stereocenters. The summed E-state index contributed by atoms with van der Waals surface area (Å²) in [5, 5.41) is 1.63. The van der Waals surface area contributed by atoms with Crippen molar-refractivity contribution in [3.05, 3.63) is 72.3 Å². The van der Waals surface area contributed by atoms with Crippen LogP contribution >= 0.6 is 11.8 Å². The third-order valence-electron chi connectivity index (χ3n) is 5.54. The molecule has 6 heteroatoms. The van der Waals surface area contributed by atoms with Gasteiger partial charge in [-0.3, -0.25) is 19.3 Å². The molecule has 3 aromatic carbocycles. The molecule has 0 saturated carbocycles. The fourth-order valence-corrected chi connectivity index (χ4v) is 5.81. The first-order valence-corrected chi connectivity index (χ1v) is 10.3. The molecule has 1 saturated heterocycles. The summed E-state index contributed by atoms with van der Waals surface area (Å²) in [6.07, 6.45) is 0. The Labute approximate surface area is 172 Å². The van der Waals surface area contributed by atoms with E-state index >= 15 is 0 Å². The van der Waals surface area contributed by atoms with Gasteiger partial charge in [0.25, 0.3) is 5.91 Å². The van der Waals surface area contributed by atoms with Crippen LogP contribution in [-0.4, -0.2) is 23.0 Å². The van der Waals surface area contributed by atoms with Gasteiger partial charge in [0.05, 0.1) is 10.9 Å². The number of hydrogen-bond donors (Lipinski definition) is 0. The summed E-state index contributed by atoms with van der Waals surface area (Å²) in [5.41, 5.74) is 1.88. The van der Waals surface area contributed by atoms with E-state index in [-0.39, 0.29) is 17.7 Å². The fourth-order valence-electron chi connectivity index (χ4n) is 4.29. The molecule has 3 aromatic rings. The van der Waals surface area contributed by atoms with Crippen molar-refractivity contribution in [2.24, 2.45) is 0 Å². The molecule has 1 spiro atoms. The number of nitrogens with zero attached hydrogens (tertiary/aromatic N) is 2. The van der Waals surface area contributed by atoms with Gasteiger partial charge in [0, 0.05) is 18.2 Å². The van der Waals surface area contributed by atoms with Crippen LogP contribution in [0.1, 0.15) is 19.4 Å². The van der Waals surface area contributed by atoms with Crippen molar-refractivity contribution in [2.45, 2.75) is 24.0 Å². The average Bonchev–Trinajstić information content (AvgIpc) is 3.13. The standard InChI is InChI=1S/C23H18N2O3S/c1-14-21(27)25(18-12-11-16-7-3-4-8-17(16)13-18)23(29-14)19-9-5-6-10-20(19)24(15(2)26)22(23)28/h3-14H,1-2H3/t14-,23+/m1/s1. The molecular formula is C23H18N2O3S. The van der Waals surface area contributed by atoms with E-state index in [0.29, 0.717) is 16.9 Å². The number of anilines is 2. The molecule has 29 heavy (non-hydrogen) atoms. The summed E-state index contributed by atoms with van der Waals surface area (Å²) in [5.74, 6) is -0.883. The lowest BCUT2D eigenvalue weighted by molar-refractivity contribution is -0.128. The Hall–Kier alpha value is -3.12. The number of hydrogen-bond acceptors (Lipinski definition) is 4. The van der Waals surface area contributed by atoms with Crippen LogP contribution in [0.2, 0.25) is 0 Å². The quantitative estimate of drug-likeness (QED) is 0.616. The van der Waals surface area contributed by atoms with Gasteiger partial charge in [-0.05, 0) is 35.9 Å². The summed E-state index contributed by atoms with van der Waals surface area (Å²) in [4.78, 5) is 40.8. The van der Waals surface area contributed by atoms with E-state index < -0.39 is 10.1 Å². The van der Waals surface area contributed by atoms with Crippen LogP contribution in [0.4, 0.5) is 11.4 Å². The number of para-hydroxylation sites is 1. The average molecular weight is 402 g/mol. The van der Waals surface area contributed by atoms with Crippen LogP contribution in [0.15, 0.2) is 66.7 Å². The predicted molar refractivity (Wildman–Crippen MR) is 115 cm³/mol. The van der Waals surface area contributed by atoms with Gasteiger partial charge in [0.15, 0.2) is 0 Å². The first-order valence-electron chi connectivity index (χ1n) is 9.40. The van der Waals surface area contributed by atoms with E-state index in [0.717, 1.165) is 10.8 Å². The van der Waals surface area contributed by atoms with Crippen molar-refractivity contribution in [1.29, 1.82) is 0 Å². The molecule has 144 valence electrons. The number of fused-ring (bicyclic) bond motifs is 3. The van der Waals surface area contributed by atoms with E-state index in [9.17, 15) is 14.4 Å². The van der Waals surface area contributed by atoms with Crippen molar-refractivity contribution in [3.63, 3.8) is 0 Å². The SMILES string of the molecule is CC(=O)N1C(=O)[C@@]2(S[C@H](C)C(=O)N2c2ccc3ccccc3c2)c2ccccc21. The van der Waals surface area contributed by atoms with Crippen LogP contribution in [-0.2, 0) is 19.3 Å². The maximum atomic E-state index is 13.7. The summed E-state index contributed by atoms with van der Waals surface area (Å²) < 4.78 is 0. The zero-order chi connectivity index (χ0) is 20.3. The Morgan fingerprint density at radius 1 is 0.966 bits per heavy atom. The second-order valence-corrected chi connectivity index (χ2v) is 8.82. The molecule has 5 rings (SSSR count). The van der Waals surface area contributed by atoms with Crippen LogP contribution in [0, 0.1) is 0 Å². The smallest absolute Gasteiger partial charge is 0.275 e. The number of carbonyl (C=O) groups is 3. The molecule has 0 aromatic heterocycles. The topological polar surface area (TPSA) is 57.7 Å². The van der Waals surface area contributed by atoms with E-state index in [2.05, 4.69) is 0 Å². The summed E-state index contributed by atoms with van der Waals surface area (Å²) >= 11 is 1.30. The van der Waals surface area contributed by atoms with Crippen LogP contribution in [0.5, 0.6) is 0 Å². The van der Waals surface area contributed by atoms with Gasteiger partial charge >= 0.3 is 0 Å². The number of amides is 3. The van der Waals surface area contributed by atoms with Crippen LogP contribution in [0.25, 0.3) is 10.8 Å². The Morgan fingerprint density at radius 3 is 2.41 bits per heavy atom. The molecule has 0 aliphatic carbocycles. The van der Waals surface area contributed by atoms with Gasteiger partial charge in [-0.1, -0.05) is 48.5 Å². The lowest BCUT2D eigenvalue weighted by atomic mass is 10.0. The Kier molecular flexibility index (Phi) is 3.83. The largest absolute Gasteiger partial charge is 0.283 e. The summed E-state index contributed by atoms with van der Waals surface area (Å²) in [6.45, 7) is 3.18.